The molecule has 0 bridgehead atoms. The summed E-state index contributed by atoms with van der Waals surface area (Å²) in [5.74, 6) is 0.335. The van der Waals surface area contributed by atoms with Crippen molar-refractivity contribution in [1.29, 1.82) is 0 Å². The summed E-state index contributed by atoms with van der Waals surface area (Å²) in [5, 5.41) is 2.78. The number of carbonyl (C=O) groups is 2. The van der Waals surface area contributed by atoms with Crippen molar-refractivity contribution in [2.75, 3.05) is 13.7 Å². The number of nitrogens with one attached hydrogen (secondary N) is 1. The zero-order chi connectivity index (χ0) is 15.0. The minimum atomic E-state index is -0.301. The van der Waals surface area contributed by atoms with Crippen LogP contribution in [0.3, 0.4) is 0 Å². The molecule has 1 aromatic carbocycles. The van der Waals surface area contributed by atoms with Gasteiger partial charge in [0.05, 0.1) is 26.6 Å². The van der Waals surface area contributed by atoms with Gasteiger partial charge in [-0.2, -0.15) is 0 Å². The Morgan fingerprint density at radius 2 is 1.90 bits per heavy atom. The van der Waals surface area contributed by atoms with Gasteiger partial charge < -0.3 is 14.8 Å². The van der Waals surface area contributed by atoms with E-state index < -0.39 is 0 Å². The zero-order valence-corrected chi connectivity index (χ0v) is 12.1. The number of esters is 1. The molecule has 0 fully saturated rings. The van der Waals surface area contributed by atoms with Crippen molar-refractivity contribution in [1.82, 2.24) is 5.32 Å². The summed E-state index contributed by atoms with van der Waals surface area (Å²) >= 11 is 0. The molecule has 0 radical (unpaired) electrons. The Morgan fingerprint density at radius 3 is 2.45 bits per heavy atom. The number of hydrogen-bond donors (Lipinski definition) is 1. The Hall–Kier alpha value is -2.04. The summed E-state index contributed by atoms with van der Waals surface area (Å²) in [6.45, 7) is 3.89. The van der Waals surface area contributed by atoms with E-state index in [1.54, 1.807) is 21.0 Å². The average Bonchev–Trinajstić information content (AvgIpc) is 2.39. The van der Waals surface area contributed by atoms with E-state index in [9.17, 15) is 9.59 Å². The first-order chi connectivity index (χ1) is 9.55. The van der Waals surface area contributed by atoms with Gasteiger partial charge in [0.25, 0.3) is 0 Å². The van der Waals surface area contributed by atoms with Crippen molar-refractivity contribution in [3.63, 3.8) is 0 Å². The first kappa shape index (κ1) is 16.0. The Bertz CT molecular complexity index is 442. The van der Waals surface area contributed by atoms with Gasteiger partial charge in [-0.15, -0.1) is 0 Å². The number of ether oxygens (including phenoxy) is 2. The smallest absolute Gasteiger partial charge is 0.307 e. The summed E-state index contributed by atoms with van der Waals surface area (Å²) in [5.41, 5.74) is 0.895. The monoisotopic (exact) mass is 279 g/mol. The fourth-order valence-corrected chi connectivity index (χ4v) is 1.78. The SMILES string of the molecule is CCOC(=O)C[C@@H](C)NC(=O)Cc1ccc(OC)cc1. The Labute approximate surface area is 119 Å². The topological polar surface area (TPSA) is 64.6 Å². The van der Waals surface area contributed by atoms with Gasteiger partial charge in [0.15, 0.2) is 0 Å². The predicted octanol–water partition coefficient (Wildman–Crippen LogP) is 1.70. The second-order valence-electron chi connectivity index (χ2n) is 4.50. The number of hydrogen-bond acceptors (Lipinski definition) is 4. The third kappa shape index (κ3) is 5.73. The molecule has 110 valence electrons. The molecule has 0 aliphatic carbocycles. The number of rotatable bonds is 7. The van der Waals surface area contributed by atoms with Crippen molar-refractivity contribution < 1.29 is 19.1 Å². The molecule has 20 heavy (non-hydrogen) atoms. The van der Waals surface area contributed by atoms with Crippen LogP contribution in [0.5, 0.6) is 5.75 Å². The molecule has 1 aromatic rings. The lowest BCUT2D eigenvalue weighted by Crippen LogP contribution is -2.35. The second kappa shape index (κ2) is 8.19. The lowest BCUT2D eigenvalue weighted by atomic mass is 10.1. The van der Waals surface area contributed by atoms with Gasteiger partial charge in [0.1, 0.15) is 5.75 Å². The van der Waals surface area contributed by atoms with Gasteiger partial charge in [-0.1, -0.05) is 12.1 Å². The van der Waals surface area contributed by atoms with Crippen LogP contribution in [0.25, 0.3) is 0 Å². The molecule has 1 atom stereocenters. The minimum Gasteiger partial charge on any atom is -0.497 e. The average molecular weight is 279 g/mol. The van der Waals surface area contributed by atoms with Gasteiger partial charge in [0, 0.05) is 6.04 Å². The van der Waals surface area contributed by atoms with Gasteiger partial charge in [-0.25, -0.2) is 0 Å². The van der Waals surface area contributed by atoms with E-state index in [2.05, 4.69) is 5.32 Å². The van der Waals surface area contributed by atoms with E-state index in [1.165, 1.54) is 0 Å². The zero-order valence-electron chi connectivity index (χ0n) is 12.1. The van der Waals surface area contributed by atoms with Crippen LogP contribution in [0.15, 0.2) is 24.3 Å². The molecular formula is C15H21NO4. The molecule has 5 heteroatoms. The molecule has 0 heterocycles. The summed E-state index contributed by atoms with van der Waals surface area (Å²) in [4.78, 5) is 23.1. The van der Waals surface area contributed by atoms with Crippen LogP contribution in [0.4, 0.5) is 0 Å². The largest absolute Gasteiger partial charge is 0.497 e. The van der Waals surface area contributed by atoms with E-state index >= 15 is 0 Å². The Morgan fingerprint density at radius 1 is 1.25 bits per heavy atom. The van der Waals surface area contributed by atoms with Gasteiger partial charge in [-0.3, -0.25) is 9.59 Å². The third-order valence-corrected chi connectivity index (χ3v) is 2.71. The van der Waals surface area contributed by atoms with Crippen molar-refractivity contribution in [2.24, 2.45) is 0 Å². The van der Waals surface area contributed by atoms with Crippen LogP contribution >= 0.6 is 0 Å². The maximum Gasteiger partial charge on any atom is 0.307 e. The molecule has 1 amide bonds. The van der Waals surface area contributed by atoms with Crippen molar-refractivity contribution in [2.45, 2.75) is 32.7 Å². The van der Waals surface area contributed by atoms with Crippen LogP contribution in [-0.2, 0) is 20.7 Å². The lowest BCUT2D eigenvalue weighted by Gasteiger charge is -2.13. The molecule has 0 saturated heterocycles. The normalized spacial score (nSPS) is 11.6. The standard InChI is InChI=1S/C15H21NO4/c1-4-20-15(18)9-11(2)16-14(17)10-12-5-7-13(19-3)8-6-12/h5-8,11H,4,9-10H2,1-3H3,(H,16,17)/t11-/m1/s1. The maximum atomic E-state index is 11.8. The van der Waals surface area contributed by atoms with Gasteiger partial charge >= 0.3 is 5.97 Å². The fraction of sp³-hybridized carbons (Fsp3) is 0.467. The van der Waals surface area contributed by atoms with Crippen molar-refractivity contribution in [3.05, 3.63) is 29.8 Å². The molecule has 0 saturated carbocycles. The highest BCUT2D eigenvalue weighted by Crippen LogP contribution is 2.11. The minimum absolute atomic E-state index is 0.119. The van der Waals surface area contributed by atoms with Crippen LogP contribution in [0.2, 0.25) is 0 Å². The molecule has 1 N–H and O–H groups in total. The van der Waals surface area contributed by atoms with E-state index in [-0.39, 0.29) is 30.8 Å². The molecule has 0 spiro atoms. The number of amides is 1. The molecule has 0 unspecified atom stereocenters. The molecule has 1 rings (SSSR count). The lowest BCUT2D eigenvalue weighted by molar-refractivity contribution is -0.143. The van der Waals surface area contributed by atoms with Crippen LogP contribution in [0, 0.1) is 0 Å². The Kier molecular flexibility index (Phi) is 6.56. The van der Waals surface area contributed by atoms with Crippen LogP contribution in [0.1, 0.15) is 25.8 Å². The first-order valence-corrected chi connectivity index (χ1v) is 6.63. The molecule has 5 nitrogen and oxygen atoms in total. The number of methoxy groups -OCH3 is 1. The highest BCUT2D eigenvalue weighted by molar-refractivity contribution is 5.79. The van der Waals surface area contributed by atoms with E-state index in [0.29, 0.717) is 6.61 Å². The third-order valence-electron chi connectivity index (χ3n) is 2.71. The van der Waals surface area contributed by atoms with E-state index in [1.807, 2.05) is 24.3 Å². The molecule has 0 aliphatic heterocycles. The highest BCUT2D eigenvalue weighted by Gasteiger charge is 2.12. The van der Waals surface area contributed by atoms with Crippen LogP contribution < -0.4 is 10.1 Å². The number of benzene rings is 1. The van der Waals surface area contributed by atoms with Gasteiger partial charge in [0.2, 0.25) is 5.91 Å². The van der Waals surface area contributed by atoms with E-state index in [0.717, 1.165) is 11.3 Å². The fourth-order valence-electron chi connectivity index (χ4n) is 1.78. The van der Waals surface area contributed by atoms with Crippen LogP contribution in [-0.4, -0.2) is 31.6 Å². The second-order valence-corrected chi connectivity index (χ2v) is 4.50. The molecule has 0 aromatic heterocycles. The summed E-state index contributed by atoms with van der Waals surface area (Å²) < 4.78 is 9.89. The maximum absolute atomic E-state index is 11.8. The van der Waals surface area contributed by atoms with E-state index in [4.69, 9.17) is 9.47 Å². The quantitative estimate of drug-likeness (QED) is 0.771. The molecule has 0 aliphatic rings. The summed E-state index contributed by atoms with van der Waals surface area (Å²) in [6.07, 6.45) is 0.458. The van der Waals surface area contributed by atoms with Crippen molar-refractivity contribution >= 4 is 11.9 Å². The summed E-state index contributed by atoms with van der Waals surface area (Å²) in [6, 6.07) is 7.07. The van der Waals surface area contributed by atoms with Gasteiger partial charge in [-0.05, 0) is 31.5 Å². The first-order valence-electron chi connectivity index (χ1n) is 6.63. The van der Waals surface area contributed by atoms with Crippen molar-refractivity contribution in [3.8, 4) is 5.75 Å². The predicted molar refractivity (Wildman–Crippen MR) is 75.6 cm³/mol. The highest BCUT2D eigenvalue weighted by atomic mass is 16.5. The summed E-state index contributed by atoms with van der Waals surface area (Å²) in [7, 11) is 1.60. The Balaban J connectivity index is 2.40. The number of carbonyl (C=O) groups excluding carboxylic acids is 2. The molecular weight excluding hydrogens is 258 g/mol.